The van der Waals surface area contributed by atoms with Crippen LogP contribution in [-0.2, 0) is 4.74 Å². The Morgan fingerprint density at radius 2 is 1.88 bits per heavy atom. The highest BCUT2D eigenvalue weighted by atomic mass is 16.5. The highest BCUT2D eigenvalue weighted by molar-refractivity contribution is 5.94. The molecule has 6 heteroatoms. The molecule has 1 aromatic carbocycles. The summed E-state index contributed by atoms with van der Waals surface area (Å²) in [5.74, 6) is 0.910. The first kappa shape index (κ1) is 19.2. The molecule has 1 aliphatic rings. The fraction of sp³-hybridized carbons (Fsp3) is 0.579. The summed E-state index contributed by atoms with van der Waals surface area (Å²) in [6, 6.07) is 9.29. The number of carbonyl (C=O) groups is 1. The van der Waals surface area contributed by atoms with Gasteiger partial charge >= 0.3 is 0 Å². The average molecular weight is 346 g/mol. The Hall–Kier alpha value is -2.08. The zero-order chi connectivity index (χ0) is 17.9. The first-order chi connectivity index (χ1) is 12.2. The van der Waals surface area contributed by atoms with Gasteiger partial charge in [0.15, 0.2) is 5.96 Å². The first-order valence-corrected chi connectivity index (χ1v) is 9.15. The van der Waals surface area contributed by atoms with Gasteiger partial charge in [0.25, 0.3) is 5.91 Å². The number of ether oxygens (including phenoxy) is 1. The molecular weight excluding hydrogens is 316 g/mol. The Labute approximate surface area is 150 Å². The van der Waals surface area contributed by atoms with Gasteiger partial charge in [0.05, 0.1) is 6.10 Å². The predicted molar refractivity (Wildman–Crippen MR) is 101 cm³/mol. The van der Waals surface area contributed by atoms with Gasteiger partial charge in [-0.1, -0.05) is 18.2 Å². The molecule has 1 amide bonds. The van der Waals surface area contributed by atoms with Crippen LogP contribution in [0.3, 0.4) is 0 Å². The standard InChI is InChI=1S/C19H30N4O2/c1-3-25-17-10-14-23(15-11-17)19(20-2)22-13-7-12-21-18(24)16-8-5-4-6-9-16/h4-6,8-9,17H,3,7,10-15H2,1-2H3,(H,20,22)(H,21,24). The Morgan fingerprint density at radius 1 is 1.20 bits per heavy atom. The van der Waals surface area contributed by atoms with E-state index in [1.54, 1.807) is 0 Å². The molecule has 1 heterocycles. The lowest BCUT2D eigenvalue weighted by atomic mass is 10.1. The van der Waals surface area contributed by atoms with Crippen molar-refractivity contribution in [1.82, 2.24) is 15.5 Å². The maximum Gasteiger partial charge on any atom is 0.251 e. The largest absolute Gasteiger partial charge is 0.378 e. The SMILES string of the molecule is CCOC1CCN(C(=NC)NCCCNC(=O)c2ccccc2)CC1. The van der Waals surface area contributed by atoms with Gasteiger partial charge in [0, 0.05) is 45.4 Å². The average Bonchev–Trinajstić information content (AvgIpc) is 2.66. The number of benzene rings is 1. The Bertz CT molecular complexity index is 540. The molecule has 0 aliphatic carbocycles. The number of rotatable bonds is 7. The summed E-state index contributed by atoms with van der Waals surface area (Å²) in [6.45, 7) is 6.19. The van der Waals surface area contributed by atoms with Crippen molar-refractivity contribution < 1.29 is 9.53 Å². The fourth-order valence-electron chi connectivity index (χ4n) is 2.98. The van der Waals surface area contributed by atoms with E-state index in [0.29, 0.717) is 18.2 Å². The highest BCUT2D eigenvalue weighted by Crippen LogP contribution is 2.13. The van der Waals surface area contributed by atoms with Gasteiger partial charge in [-0.05, 0) is 38.3 Å². The summed E-state index contributed by atoms with van der Waals surface area (Å²) in [7, 11) is 1.81. The van der Waals surface area contributed by atoms with Gasteiger partial charge in [-0.2, -0.15) is 0 Å². The molecule has 0 aromatic heterocycles. The maximum atomic E-state index is 12.0. The number of piperidine rings is 1. The molecular formula is C19H30N4O2. The van der Waals surface area contributed by atoms with E-state index in [1.807, 2.05) is 44.3 Å². The minimum absolute atomic E-state index is 0.0250. The van der Waals surface area contributed by atoms with E-state index >= 15 is 0 Å². The summed E-state index contributed by atoms with van der Waals surface area (Å²) >= 11 is 0. The van der Waals surface area contributed by atoms with Crippen LogP contribution >= 0.6 is 0 Å². The minimum Gasteiger partial charge on any atom is -0.378 e. The summed E-state index contributed by atoms with van der Waals surface area (Å²) in [4.78, 5) is 18.6. The summed E-state index contributed by atoms with van der Waals surface area (Å²) in [5.41, 5.74) is 0.698. The van der Waals surface area contributed by atoms with Gasteiger partial charge in [-0.15, -0.1) is 0 Å². The zero-order valence-corrected chi connectivity index (χ0v) is 15.3. The van der Waals surface area contributed by atoms with E-state index in [4.69, 9.17) is 4.74 Å². The van der Waals surface area contributed by atoms with Crippen molar-refractivity contribution in [3.8, 4) is 0 Å². The molecule has 0 spiro atoms. The quantitative estimate of drug-likeness (QED) is 0.449. The summed E-state index contributed by atoms with van der Waals surface area (Å²) in [6.07, 6.45) is 3.32. The number of amides is 1. The number of hydrogen-bond donors (Lipinski definition) is 2. The number of carbonyl (C=O) groups excluding carboxylic acids is 1. The molecule has 0 radical (unpaired) electrons. The predicted octanol–water partition coefficient (Wildman–Crippen LogP) is 1.88. The molecule has 2 N–H and O–H groups in total. The van der Waals surface area contributed by atoms with Crippen molar-refractivity contribution in [3.63, 3.8) is 0 Å². The van der Waals surface area contributed by atoms with Crippen LogP contribution in [0.2, 0.25) is 0 Å². The third-order valence-corrected chi connectivity index (χ3v) is 4.31. The van der Waals surface area contributed by atoms with Crippen molar-refractivity contribution in [2.45, 2.75) is 32.3 Å². The molecule has 1 fully saturated rings. The third kappa shape index (κ3) is 6.38. The first-order valence-electron chi connectivity index (χ1n) is 9.15. The molecule has 0 saturated carbocycles. The number of likely N-dealkylation sites (tertiary alicyclic amines) is 1. The topological polar surface area (TPSA) is 66.0 Å². The van der Waals surface area contributed by atoms with Crippen molar-refractivity contribution >= 4 is 11.9 Å². The number of aliphatic imine (C=N–C) groups is 1. The molecule has 2 rings (SSSR count). The Balaban J connectivity index is 1.62. The second-order valence-corrected chi connectivity index (χ2v) is 6.09. The van der Waals surface area contributed by atoms with E-state index in [-0.39, 0.29) is 5.91 Å². The molecule has 1 saturated heterocycles. The zero-order valence-electron chi connectivity index (χ0n) is 15.3. The smallest absolute Gasteiger partial charge is 0.251 e. The minimum atomic E-state index is -0.0250. The summed E-state index contributed by atoms with van der Waals surface area (Å²) < 4.78 is 5.69. The van der Waals surface area contributed by atoms with Crippen LogP contribution in [0.15, 0.2) is 35.3 Å². The van der Waals surface area contributed by atoms with E-state index < -0.39 is 0 Å². The molecule has 0 unspecified atom stereocenters. The van der Waals surface area contributed by atoms with Crippen molar-refractivity contribution in [3.05, 3.63) is 35.9 Å². The van der Waals surface area contributed by atoms with Gasteiger partial charge in [-0.25, -0.2) is 0 Å². The Kier molecular flexibility index (Phi) is 8.25. The number of hydrogen-bond acceptors (Lipinski definition) is 3. The molecule has 6 nitrogen and oxygen atoms in total. The van der Waals surface area contributed by atoms with Crippen LogP contribution < -0.4 is 10.6 Å². The maximum absolute atomic E-state index is 12.0. The van der Waals surface area contributed by atoms with Crippen molar-refractivity contribution in [2.24, 2.45) is 4.99 Å². The molecule has 25 heavy (non-hydrogen) atoms. The fourth-order valence-corrected chi connectivity index (χ4v) is 2.98. The van der Waals surface area contributed by atoms with Gasteiger partial charge in [0.1, 0.15) is 0 Å². The lowest BCUT2D eigenvalue weighted by Gasteiger charge is -2.34. The molecule has 1 aliphatic heterocycles. The highest BCUT2D eigenvalue weighted by Gasteiger charge is 2.21. The van der Waals surface area contributed by atoms with E-state index in [0.717, 1.165) is 51.5 Å². The summed E-state index contributed by atoms with van der Waals surface area (Å²) in [5, 5.41) is 6.32. The lowest BCUT2D eigenvalue weighted by molar-refractivity contribution is 0.0264. The lowest BCUT2D eigenvalue weighted by Crippen LogP contribution is -2.47. The number of nitrogens with one attached hydrogen (secondary N) is 2. The third-order valence-electron chi connectivity index (χ3n) is 4.31. The van der Waals surface area contributed by atoms with E-state index in [1.165, 1.54) is 0 Å². The van der Waals surface area contributed by atoms with Crippen LogP contribution in [0.25, 0.3) is 0 Å². The molecule has 138 valence electrons. The van der Waals surface area contributed by atoms with Crippen LogP contribution in [0, 0.1) is 0 Å². The number of guanidine groups is 1. The van der Waals surface area contributed by atoms with Gasteiger partial charge in [0.2, 0.25) is 0 Å². The van der Waals surface area contributed by atoms with Gasteiger partial charge < -0.3 is 20.3 Å². The number of nitrogens with zero attached hydrogens (tertiary/aromatic N) is 2. The van der Waals surface area contributed by atoms with Crippen LogP contribution in [0.5, 0.6) is 0 Å². The van der Waals surface area contributed by atoms with Crippen molar-refractivity contribution in [1.29, 1.82) is 0 Å². The van der Waals surface area contributed by atoms with Crippen LogP contribution in [0.1, 0.15) is 36.5 Å². The Morgan fingerprint density at radius 3 is 2.52 bits per heavy atom. The molecule has 0 atom stereocenters. The van der Waals surface area contributed by atoms with E-state index in [9.17, 15) is 4.79 Å². The van der Waals surface area contributed by atoms with Crippen LogP contribution in [-0.4, -0.2) is 62.7 Å². The van der Waals surface area contributed by atoms with Gasteiger partial charge in [-0.3, -0.25) is 9.79 Å². The monoisotopic (exact) mass is 346 g/mol. The van der Waals surface area contributed by atoms with Crippen LogP contribution in [0.4, 0.5) is 0 Å². The molecule has 1 aromatic rings. The normalized spacial score (nSPS) is 15.9. The second kappa shape index (κ2) is 10.7. The van der Waals surface area contributed by atoms with E-state index in [2.05, 4.69) is 20.5 Å². The molecule has 0 bridgehead atoms. The second-order valence-electron chi connectivity index (χ2n) is 6.09. The van der Waals surface area contributed by atoms with Crippen molar-refractivity contribution in [2.75, 3.05) is 39.8 Å².